The lowest BCUT2D eigenvalue weighted by molar-refractivity contribution is 0.603. The van der Waals surface area contributed by atoms with Crippen LogP contribution >= 0.6 is 12.2 Å². The molecule has 2 aromatic carbocycles. The molecule has 0 unspecified atom stereocenters. The number of hydrogen-bond acceptors (Lipinski definition) is 3. The predicted octanol–water partition coefficient (Wildman–Crippen LogP) is 4.37. The highest BCUT2D eigenvalue weighted by molar-refractivity contribution is 7.92. The summed E-state index contributed by atoms with van der Waals surface area (Å²) in [6, 6.07) is 12.9. The first kappa shape index (κ1) is 21.3. The molecule has 0 saturated heterocycles. The van der Waals surface area contributed by atoms with E-state index in [4.69, 9.17) is 12.2 Å². The van der Waals surface area contributed by atoms with Crippen molar-refractivity contribution in [3.63, 3.8) is 0 Å². The van der Waals surface area contributed by atoms with Crippen molar-refractivity contribution >= 4 is 32.9 Å². The van der Waals surface area contributed by atoms with Crippen LogP contribution in [0.15, 0.2) is 42.5 Å². The van der Waals surface area contributed by atoms with Crippen LogP contribution < -0.4 is 10.0 Å². The van der Waals surface area contributed by atoms with Crippen molar-refractivity contribution in [3.8, 4) is 0 Å². The van der Waals surface area contributed by atoms with E-state index in [2.05, 4.69) is 48.2 Å². The van der Waals surface area contributed by atoms with E-state index in [-0.39, 0.29) is 5.69 Å². The van der Waals surface area contributed by atoms with Crippen LogP contribution in [0.4, 0.5) is 10.1 Å². The lowest BCUT2D eigenvalue weighted by Crippen LogP contribution is -2.21. The average Bonchev–Trinajstić information content (AvgIpc) is 2.59. The van der Waals surface area contributed by atoms with Gasteiger partial charge in [-0.05, 0) is 41.2 Å². The first-order chi connectivity index (χ1) is 12.6. The first-order valence-corrected chi connectivity index (χ1v) is 11.1. The second kappa shape index (κ2) is 9.28. The minimum absolute atomic E-state index is 0.0614. The molecule has 0 aromatic heterocycles. The summed E-state index contributed by atoms with van der Waals surface area (Å²) in [7, 11) is -3.51. The van der Waals surface area contributed by atoms with Crippen molar-refractivity contribution in [1.82, 2.24) is 5.32 Å². The van der Waals surface area contributed by atoms with Crippen molar-refractivity contribution in [2.45, 2.75) is 39.2 Å². The van der Waals surface area contributed by atoms with Gasteiger partial charge in [-0.25, -0.2) is 12.8 Å². The molecule has 0 aliphatic carbocycles. The van der Waals surface area contributed by atoms with Crippen LogP contribution in [-0.2, 0) is 23.0 Å². The SMILES string of the molecule is CC(C)c1ccc(CCC(=S)NCc2ccc(NS(C)(=O)=O)c(F)c2)cc1. The van der Waals surface area contributed by atoms with Gasteiger partial charge in [0, 0.05) is 13.0 Å². The van der Waals surface area contributed by atoms with Crippen molar-refractivity contribution in [2.24, 2.45) is 0 Å². The van der Waals surface area contributed by atoms with Gasteiger partial charge in [0.25, 0.3) is 0 Å². The van der Waals surface area contributed by atoms with Gasteiger partial charge >= 0.3 is 0 Å². The fourth-order valence-corrected chi connectivity index (χ4v) is 3.31. The van der Waals surface area contributed by atoms with Gasteiger partial charge < -0.3 is 5.32 Å². The zero-order chi connectivity index (χ0) is 20.0. The Hall–Kier alpha value is -1.99. The maximum absolute atomic E-state index is 14.0. The molecule has 0 bridgehead atoms. The molecule has 0 amide bonds. The number of rotatable bonds is 8. The summed E-state index contributed by atoms with van der Waals surface area (Å²) >= 11 is 5.35. The van der Waals surface area contributed by atoms with E-state index < -0.39 is 15.8 Å². The van der Waals surface area contributed by atoms with E-state index in [1.807, 2.05) is 0 Å². The third-order valence-electron chi connectivity index (χ3n) is 4.11. The number of benzene rings is 2. The molecule has 27 heavy (non-hydrogen) atoms. The van der Waals surface area contributed by atoms with E-state index >= 15 is 0 Å². The molecule has 146 valence electrons. The molecule has 4 nitrogen and oxygen atoms in total. The van der Waals surface area contributed by atoms with E-state index in [1.54, 1.807) is 6.07 Å². The van der Waals surface area contributed by atoms with Crippen molar-refractivity contribution in [1.29, 1.82) is 0 Å². The maximum atomic E-state index is 14.0. The van der Waals surface area contributed by atoms with E-state index in [0.29, 0.717) is 29.4 Å². The Morgan fingerprint density at radius 2 is 1.74 bits per heavy atom. The van der Waals surface area contributed by atoms with Gasteiger partial charge in [-0.2, -0.15) is 0 Å². The molecule has 0 atom stereocenters. The number of hydrogen-bond donors (Lipinski definition) is 2. The molecule has 7 heteroatoms. The zero-order valence-electron chi connectivity index (χ0n) is 15.8. The van der Waals surface area contributed by atoms with Gasteiger partial charge in [0.15, 0.2) is 0 Å². The van der Waals surface area contributed by atoms with Crippen LogP contribution in [0.5, 0.6) is 0 Å². The molecule has 0 heterocycles. The van der Waals surface area contributed by atoms with Crippen LogP contribution in [0, 0.1) is 5.82 Å². The molecular formula is C20H25FN2O2S2. The molecule has 0 spiro atoms. The second-order valence-electron chi connectivity index (χ2n) is 6.86. The van der Waals surface area contributed by atoms with Crippen LogP contribution in [0.2, 0.25) is 0 Å². The van der Waals surface area contributed by atoms with Gasteiger partial charge in [-0.15, -0.1) is 0 Å². The topological polar surface area (TPSA) is 58.2 Å². The first-order valence-electron chi connectivity index (χ1n) is 8.76. The monoisotopic (exact) mass is 408 g/mol. The zero-order valence-corrected chi connectivity index (χ0v) is 17.4. The van der Waals surface area contributed by atoms with Crippen LogP contribution in [0.1, 0.15) is 42.9 Å². The normalized spacial score (nSPS) is 11.4. The Kier molecular flexibility index (Phi) is 7.33. The van der Waals surface area contributed by atoms with Crippen LogP contribution in [0.25, 0.3) is 0 Å². The number of halogens is 1. The molecule has 0 fully saturated rings. The molecular weight excluding hydrogens is 383 g/mol. The van der Waals surface area contributed by atoms with E-state index in [1.165, 1.54) is 23.3 Å². The summed E-state index contributed by atoms with van der Waals surface area (Å²) in [4.78, 5) is 0.710. The molecule has 0 aliphatic heterocycles. The highest BCUT2D eigenvalue weighted by atomic mass is 32.2. The number of aryl methyl sites for hydroxylation is 1. The Morgan fingerprint density at radius 3 is 2.30 bits per heavy atom. The highest BCUT2D eigenvalue weighted by Crippen LogP contribution is 2.17. The average molecular weight is 409 g/mol. The highest BCUT2D eigenvalue weighted by Gasteiger charge is 2.08. The molecule has 2 N–H and O–H groups in total. The fourth-order valence-electron chi connectivity index (χ4n) is 2.57. The number of thiocarbonyl (C=S) groups is 1. The van der Waals surface area contributed by atoms with Crippen molar-refractivity contribution < 1.29 is 12.8 Å². The Labute approximate surface area is 166 Å². The van der Waals surface area contributed by atoms with E-state index in [9.17, 15) is 12.8 Å². The molecule has 0 aliphatic rings. The summed E-state index contributed by atoms with van der Waals surface area (Å²) in [5.41, 5.74) is 3.17. The van der Waals surface area contributed by atoms with Crippen LogP contribution in [-0.4, -0.2) is 19.7 Å². The van der Waals surface area contributed by atoms with Crippen molar-refractivity contribution in [3.05, 3.63) is 65.0 Å². The van der Waals surface area contributed by atoms with Gasteiger partial charge in [-0.3, -0.25) is 4.72 Å². The number of sulfonamides is 1. The quantitative estimate of drug-likeness (QED) is 0.637. The van der Waals surface area contributed by atoms with Gasteiger partial charge in [0.2, 0.25) is 10.0 Å². The smallest absolute Gasteiger partial charge is 0.229 e. The summed E-state index contributed by atoms with van der Waals surface area (Å²) in [5.74, 6) is -0.0999. The molecule has 2 aromatic rings. The number of nitrogens with one attached hydrogen (secondary N) is 2. The lowest BCUT2D eigenvalue weighted by Gasteiger charge is -2.11. The summed E-state index contributed by atoms with van der Waals surface area (Å²) in [6.07, 6.45) is 2.54. The number of anilines is 1. The lowest BCUT2D eigenvalue weighted by atomic mass is 10.0. The molecule has 2 rings (SSSR count). The third kappa shape index (κ3) is 7.27. The predicted molar refractivity (Wildman–Crippen MR) is 113 cm³/mol. The summed E-state index contributed by atoms with van der Waals surface area (Å²) in [6.45, 7) is 4.72. The van der Waals surface area contributed by atoms with E-state index in [0.717, 1.165) is 12.7 Å². The standard InChI is InChI=1S/C20H25FN2O2S2/c1-14(2)17-8-4-15(5-9-17)7-11-20(26)22-13-16-6-10-19(18(21)12-16)23-27(3,24)25/h4-6,8-10,12,14,23H,7,11,13H2,1-3H3,(H,22,26). The molecule has 0 saturated carbocycles. The Bertz CT molecular complexity index is 895. The molecule has 0 radical (unpaired) electrons. The minimum Gasteiger partial charge on any atom is -0.376 e. The van der Waals surface area contributed by atoms with Gasteiger partial charge in [0.05, 0.1) is 16.9 Å². The Balaban J connectivity index is 1.83. The Morgan fingerprint density at radius 1 is 1.11 bits per heavy atom. The third-order valence-corrected chi connectivity index (χ3v) is 5.04. The summed E-state index contributed by atoms with van der Waals surface area (Å²) in [5, 5.41) is 3.12. The minimum atomic E-state index is -3.51. The van der Waals surface area contributed by atoms with Gasteiger partial charge in [-0.1, -0.05) is 56.4 Å². The van der Waals surface area contributed by atoms with Crippen LogP contribution in [0.3, 0.4) is 0 Å². The van der Waals surface area contributed by atoms with Crippen molar-refractivity contribution in [2.75, 3.05) is 11.0 Å². The van der Waals surface area contributed by atoms with Gasteiger partial charge in [0.1, 0.15) is 5.82 Å². The maximum Gasteiger partial charge on any atom is 0.229 e. The summed E-state index contributed by atoms with van der Waals surface area (Å²) < 4.78 is 38.5. The second-order valence-corrected chi connectivity index (χ2v) is 9.10. The largest absolute Gasteiger partial charge is 0.376 e. The fraction of sp³-hybridized carbons (Fsp3) is 0.350.